The maximum atomic E-state index is 12.2. The number of anilines is 1. The predicted molar refractivity (Wildman–Crippen MR) is 107 cm³/mol. The Kier molecular flexibility index (Phi) is 7.41. The van der Waals surface area contributed by atoms with Gasteiger partial charge in [-0.3, -0.25) is 4.79 Å². The Hall–Kier alpha value is -2.82. The fraction of sp³-hybridized carbons (Fsp3) is 0.250. The first-order chi connectivity index (χ1) is 12.9. The van der Waals surface area contributed by atoms with Gasteiger partial charge in [-0.05, 0) is 42.8 Å². The molecule has 0 heterocycles. The van der Waals surface area contributed by atoms with Crippen LogP contribution in [0.25, 0.3) is 0 Å². The zero-order chi connectivity index (χ0) is 19.7. The molecule has 6 nitrogen and oxygen atoms in total. The zero-order valence-electron chi connectivity index (χ0n) is 15.2. The summed E-state index contributed by atoms with van der Waals surface area (Å²) in [6, 6.07) is 15.7. The molecule has 1 amide bonds. The highest BCUT2D eigenvalue weighted by Crippen LogP contribution is 2.12. The van der Waals surface area contributed by atoms with Gasteiger partial charge in [-0.2, -0.15) is 4.72 Å². The molecule has 0 aliphatic carbocycles. The molecule has 0 aliphatic heterocycles. The van der Waals surface area contributed by atoms with E-state index < -0.39 is 10.0 Å². The van der Waals surface area contributed by atoms with Crippen LogP contribution in [0.1, 0.15) is 16.8 Å². The molecule has 0 radical (unpaired) electrons. The number of carbonyl (C=O) groups excluding carboxylic acids is 1. The van der Waals surface area contributed by atoms with Crippen LogP contribution in [0, 0.1) is 12.3 Å². The molecule has 142 valence electrons. The second-order valence-electron chi connectivity index (χ2n) is 5.92. The van der Waals surface area contributed by atoms with Crippen molar-refractivity contribution in [2.45, 2.75) is 11.3 Å². The second kappa shape index (κ2) is 9.76. The second-order valence-corrected chi connectivity index (χ2v) is 7.69. The Bertz CT molecular complexity index is 888. The van der Waals surface area contributed by atoms with Crippen molar-refractivity contribution < 1.29 is 13.2 Å². The average Bonchev–Trinajstić information content (AvgIpc) is 2.70. The number of amides is 1. The molecule has 2 aromatic rings. The summed E-state index contributed by atoms with van der Waals surface area (Å²) >= 11 is 0. The van der Waals surface area contributed by atoms with Crippen molar-refractivity contribution >= 4 is 21.6 Å². The quantitative estimate of drug-likeness (QED) is 0.510. The van der Waals surface area contributed by atoms with E-state index in [1.165, 1.54) is 24.3 Å². The maximum Gasteiger partial charge on any atom is 0.251 e. The molecule has 2 rings (SSSR count). The fourth-order valence-corrected chi connectivity index (χ4v) is 3.37. The minimum atomic E-state index is -3.65. The highest BCUT2D eigenvalue weighted by molar-refractivity contribution is 7.89. The smallest absolute Gasteiger partial charge is 0.251 e. The van der Waals surface area contributed by atoms with E-state index in [1.54, 1.807) is 0 Å². The van der Waals surface area contributed by atoms with Crippen LogP contribution in [0.2, 0.25) is 0 Å². The number of para-hydroxylation sites is 1. The molecule has 0 saturated heterocycles. The summed E-state index contributed by atoms with van der Waals surface area (Å²) < 4.78 is 26.2. The van der Waals surface area contributed by atoms with Gasteiger partial charge in [0, 0.05) is 31.4 Å². The standard InChI is InChI=1S/C20H23N3O3S/c1-3-14-22-27(25,26)19-12-10-17(11-13-19)20(24)21-15-7-16-23(2)18-8-5-4-6-9-18/h1,4-6,8-13,22H,7,14-16H2,2H3,(H,21,24). The van der Waals surface area contributed by atoms with Crippen molar-refractivity contribution in [2.75, 3.05) is 31.6 Å². The summed E-state index contributed by atoms with van der Waals surface area (Å²) in [6.07, 6.45) is 5.85. The van der Waals surface area contributed by atoms with Crippen molar-refractivity contribution in [3.05, 3.63) is 60.2 Å². The van der Waals surface area contributed by atoms with Crippen molar-refractivity contribution in [1.29, 1.82) is 0 Å². The molecule has 0 bridgehead atoms. The minimum absolute atomic E-state index is 0.0683. The third-order valence-corrected chi connectivity index (χ3v) is 5.36. The lowest BCUT2D eigenvalue weighted by molar-refractivity contribution is 0.0953. The summed E-state index contributed by atoms with van der Waals surface area (Å²) in [4.78, 5) is 14.4. The Morgan fingerprint density at radius 3 is 2.41 bits per heavy atom. The topological polar surface area (TPSA) is 78.5 Å². The summed E-state index contributed by atoms with van der Waals surface area (Å²) in [5, 5.41) is 2.84. The van der Waals surface area contributed by atoms with Crippen LogP contribution in [0.4, 0.5) is 5.69 Å². The van der Waals surface area contributed by atoms with Gasteiger partial charge in [0.15, 0.2) is 0 Å². The molecule has 0 aliphatic rings. The lowest BCUT2D eigenvalue weighted by Crippen LogP contribution is -2.28. The predicted octanol–water partition coefficient (Wildman–Crippen LogP) is 1.85. The normalized spacial score (nSPS) is 10.8. The van der Waals surface area contributed by atoms with E-state index in [0.717, 1.165) is 18.7 Å². The van der Waals surface area contributed by atoms with E-state index in [1.807, 2.05) is 37.4 Å². The Morgan fingerprint density at radius 1 is 1.11 bits per heavy atom. The van der Waals surface area contributed by atoms with Crippen molar-refractivity contribution in [3.63, 3.8) is 0 Å². The number of nitrogens with one attached hydrogen (secondary N) is 2. The van der Waals surface area contributed by atoms with E-state index in [-0.39, 0.29) is 17.3 Å². The van der Waals surface area contributed by atoms with Crippen LogP contribution in [0.3, 0.4) is 0 Å². The Labute approximate surface area is 160 Å². The molecule has 0 unspecified atom stereocenters. The lowest BCUT2D eigenvalue weighted by Gasteiger charge is -2.19. The number of benzene rings is 2. The van der Waals surface area contributed by atoms with E-state index >= 15 is 0 Å². The monoisotopic (exact) mass is 385 g/mol. The van der Waals surface area contributed by atoms with E-state index in [0.29, 0.717) is 12.1 Å². The van der Waals surface area contributed by atoms with Gasteiger partial charge in [-0.25, -0.2) is 8.42 Å². The number of sulfonamides is 1. The maximum absolute atomic E-state index is 12.2. The highest BCUT2D eigenvalue weighted by atomic mass is 32.2. The van der Waals surface area contributed by atoms with Crippen molar-refractivity contribution in [3.8, 4) is 12.3 Å². The van der Waals surface area contributed by atoms with Gasteiger partial charge in [0.25, 0.3) is 5.91 Å². The molecule has 0 aromatic heterocycles. The van der Waals surface area contributed by atoms with Gasteiger partial charge >= 0.3 is 0 Å². The first-order valence-electron chi connectivity index (χ1n) is 8.51. The van der Waals surface area contributed by atoms with Crippen LogP contribution in [0.5, 0.6) is 0 Å². The first kappa shape index (κ1) is 20.5. The van der Waals surface area contributed by atoms with Crippen molar-refractivity contribution in [1.82, 2.24) is 10.0 Å². The van der Waals surface area contributed by atoms with Crippen LogP contribution in [-0.4, -0.2) is 41.0 Å². The van der Waals surface area contributed by atoms with Gasteiger partial charge in [0.1, 0.15) is 0 Å². The summed E-state index contributed by atoms with van der Waals surface area (Å²) in [5.41, 5.74) is 1.53. The lowest BCUT2D eigenvalue weighted by atomic mass is 10.2. The minimum Gasteiger partial charge on any atom is -0.375 e. The molecule has 0 spiro atoms. The largest absolute Gasteiger partial charge is 0.375 e. The average molecular weight is 385 g/mol. The van der Waals surface area contributed by atoms with Gasteiger partial charge in [-0.15, -0.1) is 6.42 Å². The summed E-state index contributed by atoms with van der Waals surface area (Å²) in [7, 11) is -1.65. The third kappa shape index (κ3) is 6.13. The highest BCUT2D eigenvalue weighted by Gasteiger charge is 2.14. The van der Waals surface area contributed by atoms with Gasteiger partial charge < -0.3 is 10.2 Å². The number of rotatable bonds is 9. The third-order valence-electron chi connectivity index (χ3n) is 3.94. The Balaban J connectivity index is 1.82. The van der Waals surface area contributed by atoms with E-state index in [9.17, 15) is 13.2 Å². The Morgan fingerprint density at radius 2 is 1.78 bits per heavy atom. The SMILES string of the molecule is C#CCNS(=O)(=O)c1ccc(C(=O)NCCCN(C)c2ccccc2)cc1. The molecule has 7 heteroatoms. The van der Waals surface area contributed by atoms with Gasteiger partial charge in [-0.1, -0.05) is 24.1 Å². The molecular formula is C20H23N3O3S. The number of nitrogens with zero attached hydrogens (tertiary/aromatic N) is 1. The number of terminal acetylenes is 1. The zero-order valence-corrected chi connectivity index (χ0v) is 16.0. The van der Waals surface area contributed by atoms with Crippen LogP contribution >= 0.6 is 0 Å². The van der Waals surface area contributed by atoms with Gasteiger partial charge in [0.2, 0.25) is 10.0 Å². The van der Waals surface area contributed by atoms with Crippen molar-refractivity contribution in [2.24, 2.45) is 0 Å². The van der Waals surface area contributed by atoms with Crippen LogP contribution in [-0.2, 0) is 10.0 Å². The fourth-order valence-electron chi connectivity index (χ4n) is 2.44. The van der Waals surface area contributed by atoms with Crippen LogP contribution in [0.15, 0.2) is 59.5 Å². The summed E-state index contributed by atoms with van der Waals surface area (Å²) in [5.74, 6) is 1.97. The molecule has 27 heavy (non-hydrogen) atoms. The molecule has 2 N–H and O–H groups in total. The molecule has 0 fully saturated rings. The molecule has 0 saturated carbocycles. The molecule has 2 aromatic carbocycles. The molecule has 0 atom stereocenters. The summed E-state index contributed by atoms with van der Waals surface area (Å²) in [6.45, 7) is 1.25. The van der Waals surface area contributed by atoms with Crippen LogP contribution < -0.4 is 14.9 Å². The number of hydrogen-bond donors (Lipinski definition) is 2. The number of carbonyl (C=O) groups is 1. The van der Waals surface area contributed by atoms with Gasteiger partial charge in [0.05, 0.1) is 11.4 Å². The molecular weight excluding hydrogens is 362 g/mol. The van der Waals surface area contributed by atoms with E-state index in [2.05, 4.69) is 20.9 Å². The number of hydrogen-bond acceptors (Lipinski definition) is 4. The first-order valence-corrected chi connectivity index (χ1v) is 10.00. The van der Waals surface area contributed by atoms with E-state index in [4.69, 9.17) is 6.42 Å².